The molecule has 6 nitrogen and oxygen atoms in total. The highest BCUT2D eigenvalue weighted by atomic mass is 16.5. The Morgan fingerprint density at radius 1 is 1.25 bits per heavy atom. The van der Waals surface area contributed by atoms with Crippen LogP contribution in [0.5, 0.6) is 5.75 Å². The summed E-state index contributed by atoms with van der Waals surface area (Å²) in [6.45, 7) is 1.27. The standard InChI is InChI=1S/C14H14N2O4/c1-8(17)20-11-6-4-5-10-12(11)9(7-15-10)13(18)14(19)16(2)3/h4-7,9H,1-3H3. The molecule has 0 aromatic heterocycles. The van der Waals surface area contributed by atoms with Crippen LogP contribution in [-0.4, -0.2) is 42.9 Å². The van der Waals surface area contributed by atoms with Crippen LogP contribution in [0.3, 0.4) is 0 Å². The van der Waals surface area contributed by atoms with Crippen molar-refractivity contribution in [1.29, 1.82) is 0 Å². The van der Waals surface area contributed by atoms with E-state index in [4.69, 9.17) is 4.74 Å². The molecule has 1 aliphatic rings. The number of ether oxygens (including phenoxy) is 1. The van der Waals surface area contributed by atoms with Gasteiger partial charge in [-0.1, -0.05) is 6.07 Å². The Labute approximate surface area is 116 Å². The summed E-state index contributed by atoms with van der Waals surface area (Å²) in [6, 6.07) is 4.96. The summed E-state index contributed by atoms with van der Waals surface area (Å²) in [5, 5.41) is 0. The number of amides is 1. The van der Waals surface area contributed by atoms with Crippen molar-refractivity contribution < 1.29 is 19.1 Å². The van der Waals surface area contributed by atoms with Gasteiger partial charge in [0.2, 0.25) is 5.78 Å². The number of fused-ring (bicyclic) bond motifs is 1. The van der Waals surface area contributed by atoms with Gasteiger partial charge in [0.15, 0.2) is 0 Å². The minimum atomic E-state index is -0.810. The van der Waals surface area contributed by atoms with Crippen molar-refractivity contribution in [3.63, 3.8) is 0 Å². The Morgan fingerprint density at radius 3 is 2.55 bits per heavy atom. The van der Waals surface area contributed by atoms with Gasteiger partial charge in [-0.2, -0.15) is 0 Å². The number of ketones is 1. The van der Waals surface area contributed by atoms with E-state index < -0.39 is 23.6 Å². The first kappa shape index (κ1) is 13.9. The van der Waals surface area contributed by atoms with Gasteiger partial charge in [-0.15, -0.1) is 0 Å². The lowest BCUT2D eigenvalue weighted by Gasteiger charge is -2.15. The third-order valence-corrected chi connectivity index (χ3v) is 2.87. The molecule has 104 valence electrons. The van der Waals surface area contributed by atoms with E-state index in [1.54, 1.807) is 18.2 Å². The second kappa shape index (κ2) is 5.24. The smallest absolute Gasteiger partial charge is 0.308 e. The molecule has 1 aromatic carbocycles. The van der Waals surface area contributed by atoms with Gasteiger partial charge in [-0.3, -0.25) is 19.4 Å². The Balaban J connectivity index is 2.40. The molecular weight excluding hydrogens is 260 g/mol. The number of esters is 1. The number of nitrogens with zero attached hydrogens (tertiary/aromatic N) is 2. The van der Waals surface area contributed by atoms with E-state index in [1.807, 2.05) is 0 Å². The normalized spacial score (nSPS) is 15.7. The predicted octanol–water partition coefficient (Wildman–Crippen LogP) is 1.07. The molecule has 1 aromatic rings. The van der Waals surface area contributed by atoms with Crippen LogP contribution in [0.25, 0.3) is 0 Å². The number of carbonyl (C=O) groups is 3. The fraction of sp³-hybridized carbons (Fsp3) is 0.286. The molecule has 0 N–H and O–H groups in total. The number of likely N-dealkylation sites (N-methyl/N-ethyl adjacent to an activating group) is 1. The summed E-state index contributed by atoms with van der Waals surface area (Å²) < 4.78 is 5.08. The molecule has 0 spiro atoms. The van der Waals surface area contributed by atoms with Crippen LogP contribution in [-0.2, 0) is 14.4 Å². The second-order valence-corrected chi connectivity index (χ2v) is 4.60. The Bertz CT molecular complexity index is 620. The molecule has 0 fully saturated rings. The Kier molecular flexibility index (Phi) is 3.65. The molecule has 1 heterocycles. The molecule has 0 aliphatic carbocycles. The van der Waals surface area contributed by atoms with Gasteiger partial charge in [0, 0.05) is 32.8 Å². The molecule has 1 aliphatic heterocycles. The number of hydrogen-bond acceptors (Lipinski definition) is 5. The van der Waals surface area contributed by atoms with Crippen molar-refractivity contribution in [2.24, 2.45) is 4.99 Å². The van der Waals surface area contributed by atoms with E-state index in [9.17, 15) is 14.4 Å². The van der Waals surface area contributed by atoms with Crippen LogP contribution in [0, 0.1) is 0 Å². The average molecular weight is 274 g/mol. The second-order valence-electron chi connectivity index (χ2n) is 4.60. The van der Waals surface area contributed by atoms with Crippen molar-refractivity contribution in [3.8, 4) is 5.75 Å². The summed E-state index contributed by atoms with van der Waals surface area (Å²) in [7, 11) is 3.01. The first-order valence-electron chi connectivity index (χ1n) is 6.03. The van der Waals surface area contributed by atoms with E-state index in [0.717, 1.165) is 0 Å². The van der Waals surface area contributed by atoms with E-state index >= 15 is 0 Å². The van der Waals surface area contributed by atoms with Gasteiger partial charge < -0.3 is 9.64 Å². The first-order valence-corrected chi connectivity index (χ1v) is 6.03. The summed E-state index contributed by atoms with van der Waals surface area (Å²) in [5.41, 5.74) is 0.997. The zero-order valence-electron chi connectivity index (χ0n) is 11.4. The first-order chi connectivity index (χ1) is 9.41. The van der Waals surface area contributed by atoms with E-state index in [1.165, 1.54) is 32.1 Å². The van der Waals surface area contributed by atoms with E-state index in [0.29, 0.717) is 11.3 Å². The average Bonchev–Trinajstić information content (AvgIpc) is 2.81. The maximum atomic E-state index is 12.2. The van der Waals surface area contributed by atoms with Gasteiger partial charge in [0.1, 0.15) is 5.75 Å². The molecule has 0 radical (unpaired) electrons. The summed E-state index contributed by atoms with van der Waals surface area (Å²) in [6.07, 6.45) is 1.40. The highest BCUT2D eigenvalue weighted by molar-refractivity contribution is 6.41. The summed E-state index contributed by atoms with van der Waals surface area (Å²) in [5.74, 6) is -2.26. The number of hydrogen-bond donors (Lipinski definition) is 0. The van der Waals surface area contributed by atoms with Gasteiger partial charge >= 0.3 is 5.97 Å². The van der Waals surface area contributed by atoms with E-state index in [2.05, 4.69) is 4.99 Å². The van der Waals surface area contributed by atoms with Crippen LogP contribution in [0.4, 0.5) is 5.69 Å². The maximum absolute atomic E-state index is 12.2. The predicted molar refractivity (Wildman–Crippen MR) is 72.3 cm³/mol. The zero-order valence-corrected chi connectivity index (χ0v) is 11.4. The minimum absolute atomic E-state index is 0.261. The monoisotopic (exact) mass is 274 g/mol. The highest BCUT2D eigenvalue weighted by Gasteiger charge is 2.34. The number of Topliss-reactive ketones (excluding diaryl/α,β-unsaturated/α-hetero) is 1. The minimum Gasteiger partial charge on any atom is -0.426 e. The summed E-state index contributed by atoms with van der Waals surface area (Å²) in [4.78, 5) is 40.4. The zero-order chi connectivity index (χ0) is 14.9. The third kappa shape index (κ3) is 2.45. The molecule has 1 amide bonds. The molecule has 20 heavy (non-hydrogen) atoms. The van der Waals surface area contributed by atoms with Crippen molar-refractivity contribution in [3.05, 3.63) is 23.8 Å². The SMILES string of the molecule is CC(=O)Oc1cccc2c1C(C(=O)C(=O)N(C)C)C=N2. The van der Waals surface area contributed by atoms with Gasteiger partial charge in [0.25, 0.3) is 5.91 Å². The molecular formula is C14H14N2O4. The van der Waals surface area contributed by atoms with Crippen LogP contribution in [0.15, 0.2) is 23.2 Å². The van der Waals surface area contributed by atoms with Crippen molar-refractivity contribution >= 4 is 29.6 Å². The lowest BCUT2D eigenvalue weighted by atomic mass is 9.95. The molecule has 2 rings (SSSR count). The fourth-order valence-electron chi connectivity index (χ4n) is 1.98. The quantitative estimate of drug-likeness (QED) is 0.469. The largest absolute Gasteiger partial charge is 0.426 e. The summed E-state index contributed by atoms with van der Waals surface area (Å²) >= 11 is 0. The molecule has 1 atom stereocenters. The highest BCUT2D eigenvalue weighted by Crippen LogP contribution is 2.39. The van der Waals surface area contributed by atoms with Crippen molar-refractivity contribution in [2.45, 2.75) is 12.8 Å². The molecule has 0 saturated heterocycles. The van der Waals surface area contributed by atoms with Crippen molar-refractivity contribution in [2.75, 3.05) is 14.1 Å². The Hall–Kier alpha value is -2.50. The van der Waals surface area contributed by atoms with Gasteiger partial charge in [-0.05, 0) is 12.1 Å². The number of benzene rings is 1. The van der Waals surface area contributed by atoms with Crippen LogP contribution in [0.1, 0.15) is 18.4 Å². The lowest BCUT2D eigenvalue weighted by molar-refractivity contribution is -0.142. The molecule has 6 heteroatoms. The van der Waals surface area contributed by atoms with Gasteiger partial charge in [0.05, 0.1) is 11.6 Å². The number of aliphatic imine (C=N–C) groups is 1. The maximum Gasteiger partial charge on any atom is 0.308 e. The molecule has 0 bridgehead atoms. The fourth-order valence-corrected chi connectivity index (χ4v) is 1.98. The van der Waals surface area contributed by atoms with Crippen molar-refractivity contribution in [1.82, 2.24) is 4.90 Å². The van der Waals surface area contributed by atoms with Gasteiger partial charge in [-0.25, -0.2) is 0 Å². The van der Waals surface area contributed by atoms with Crippen LogP contribution >= 0.6 is 0 Å². The Morgan fingerprint density at radius 2 is 1.95 bits per heavy atom. The van der Waals surface area contributed by atoms with E-state index in [-0.39, 0.29) is 5.75 Å². The van der Waals surface area contributed by atoms with Crippen LogP contribution < -0.4 is 4.74 Å². The molecule has 1 unspecified atom stereocenters. The number of rotatable bonds is 3. The van der Waals surface area contributed by atoms with Crippen LogP contribution in [0.2, 0.25) is 0 Å². The third-order valence-electron chi connectivity index (χ3n) is 2.87. The number of carbonyl (C=O) groups excluding carboxylic acids is 3. The molecule has 0 saturated carbocycles. The topological polar surface area (TPSA) is 76.0 Å². The lowest BCUT2D eigenvalue weighted by Crippen LogP contribution is -2.33.